The Morgan fingerprint density at radius 3 is 2.54 bits per heavy atom. The maximum absolute atomic E-state index is 12.0. The molecule has 0 saturated heterocycles. The van der Waals surface area contributed by atoms with E-state index in [0.717, 1.165) is 0 Å². The number of fused-ring (bicyclic) bond motifs is 1. The SMILES string of the molecule is Nc1ncnc2c1ncn2C[C@H](CO)C[C@H](c1ccccc1)P(=O)(O)O. The number of nitrogen functional groups attached to an aromatic ring is 1. The van der Waals surface area contributed by atoms with E-state index in [1.54, 1.807) is 34.9 Å². The van der Waals surface area contributed by atoms with Crippen molar-refractivity contribution in [1.29, 1.82) is 0 Å². The Balaban J connectivity index is 1.85. The highest BCUT2D eigenvalue weighted by Crippen LogP contribution is 2.54. The molecule has 5 N–H and O–H groups in total. The fraction of sp³-hybridized carbons (Fsp3) is 0.312. The van der Waals surface area contributed by atoms with Gasteiger partial charge in [0.1, 0.15) is 11.8 Å². The van der Waals surface area contributed by atoms with Gasteiger partial charge in [0.15, 0.2) is 11.5 Å². The average Bonchev–Trinajstić information content (AvgIpc) is 3.02. The molecule has 2 atom stereocenters. The van der Waals surface area contributed by atoms with Crippen molar-refractivity contribution >= 4 is 24.6 Å². The molecular formula is C16H20N5O4P. The molecule has 2 aromatic heterocycles. The minimum atomic E-state index is -4.39. The van der Waals surface area contributed by atoms with E-state index in [1.807, 2.05) is 0 Å². The summed E-state index contributed by atoms with van der Waals surface area (Å²) < 4.78 is 13.7. The third-order valence-electron chi connectivity index (χ3n) is 4.29. The van der Waals surface area contributed by atoms with Gasteiger partial charge in [-0.15, -0.1) is 0 Å². The van der Waals surface area contributed by atoms with Crippen molar-refractivity contribution in [3.05, 3.63) is 48.5 Å². The summed E-state index contributed by atoms with van der Waals surface area (Å²) in [5.41, 5.74) is 6.29. The molecule has 0 aliphatic rings. The maximum atomic E-state index is 12.0. The van der Waals surface area contributed by atoms with Gasteiger partial charge in [0, 0.05) is 19.1 Å². The zero-order valence-corrected chi connectivity index (χ0v) is 14.8. The van der Waals surface area contributed by atoms with Crippen LogP contribution in [-0.4, -0.2) is 41.0 Å². The summed E-state index contributed by atoms with van der Waals surface area (Å²) in [4.78, 5) is 31.8. The van der Waals surface area contributed by atoms with Crippen LogP contribution in [-0.2, 0) is 11.1 Å². The first-order valence-electron chi connectivity index (χ1n) is 8.02. The third-order valence-corrected chi connectivity index (χ3v) is 5.61. The van der Waals surface area contributed by atoms with Crippen LogP contribution in [0.5, 0.6) is 0 Å². The van der Waals surface area contributed by atoms with Gasteiger partial charge in [-0.25, -0.2) is 15.0 Å². The van der Waals surface area contributed by atoms with Crippen LogP contribution in [0.3, 0.4) is 0 Å². The molecule has 10 heteroatoms. The number of hydrogen-bond acceptors (Lipinski definition) is 6. The van der Waals surface area contributed by atoms with Crippen LogP contribution in [0.2, 0.25) is 0 Å². The summed E-state index contributed by atoms with van der Waals surface area (Å²) >= 11 is 0. The lowest BCUT2D eigenvalue weighted by molar-refractivity contribution is 0.198. The van der Waals surface area contributed by atoms with E-state index in [1.165, 1.54) is 12.7 Å². The summed E-state index contributed by atoms with van der Waals surface area (Å²) in [6.45, 7) is 0.0658. The van der Waals surface area contributed by atoms with Crippen molar-refractivity contribution in [1.82, 2.24) is 19.5 Å². The molecular weight excluding hydrogens is 357 g/mol. The second-order valence-electron chi connectivity index (χ2n) is 6.13. The smallest absolute Gasteiger partial charge is 0.332 e. The third kappa shape index (κ3) is 3.91. The van der Waals surface area contributed by atoms with E-state index in [4.69, 9.17) is 5.73 Å². The van der Waals surface area contributed by atoms with Gasteiger partial charge in [0.25, 0.3) is 0 Å². The summed E-state index contributed by atoms with van der Waals surface area (Å²) in [5, 5.41) is 9.77. The normalized spacial score (nSPS) is 14.4. The Hall–Kier alpha value is -2.32. The summed E-state index contributed by atoms with van der Waals surface area (Å²) in [7, 11) is -4.39. The van der Waals surface area contributed by atoms with E-state index in [9.17, 15) is 19.5 Å². The number of aliphatic hydroxyl groups excluding tert-OH is 1. The van der Waals surface area contributed by atoms with Crippen LogP contribution in [0.1, 0.15) is 17.6 Å². The molecule has 0 fully saturated rings. The van der Waals surface area contributed by atoms with Gasteiger partial charge in [0.2, 0.25) is 0 Å². The number of rotatable bonds is 7. The molecule has 1 aromatic carbocycles. The van der Waals surface area contributed by atoms with Crippen molar-refractivity contribution < 1.29 is 19.5 Å². The molecule has 0 amide bonds. The van der Waals surface area contributed by atoms with Crippen LogP contribution in [0.25, 0.3) is 11.2 Å². The summed E-state index contributed by atoms with van der Waals surface area (Å²) in [6, 6.07) is 8.60. The van der Waals surface area contributed by atoms with Crippen LogP contribution < -0.4 is 5.73 Å². The van der Waals surface area contributed by atoms with E-state index < -0.39 is 19.2 Å². The van der Waals surface area contributed by atoms with Crippen LogP contribution in [0.15, 0.2) is 43.0 Å². The monoisotopic (exact) mass is 377 g/mol. The van der Waals surface area contributed by atoms with Gasteiger partial charge < -0.3 is 25.2 Å². The van der Waals surface area contributed by atoms with Crippen molar-refractivity contribution in [3.8, 4) is 0 Å². The second kappa shape index (κ2) is 7.51. The zero-order chi connectivity index (χ0) is 18.7. The van der Waals surface area contributed by atoms with Gasteiger partial charge in [-0.3, -0.25) is 4.57 Å². The van der Waals surface area contributed by atoms with Crippen LogP contribution in [0, 0.1) is 5.92 Å². The predicted octanol–water partition coefficient (Wildman–Crippen LogP) is 1.33. The minimum absolute atomic E-state index is 0.116. The van der Waals surface area contributed by atoms with Crippen LogP contribution >= 0.6 is 7.60 Å². The van der Waals surface area contributed by atoms with Crippen molar-refractivity contribution in [3.63, 3.8) is 0 Å². The lowest BCUT2D eigenvalue weighted by Gasteiger charge is -2.24. The highest BCUT2D eigenvalue weighted by Gasteiger charge is 2.32. The van der Waals surface area contributed by atoms with Gasteiger partial charge in [-0.1, -0.05) is 30.3 Å². The number of hydrogen-bond donors (Lipinski definition) is 4. The van der Waals surface area contributed by atoms with Gasteiger partial charge in [0.05, 0.1) is 12.0 Å². The number of aromatic nitrogens is 4. The summed E-state index contributed by atoms with van der Waals surface area (Å²) in [6.07, 6.45) is 2.98. The molecule has 0 saturated carbocycles. The molecule has 0 unspecified atom stereocenters. The van der Waals surface area contributed by atoms with Gasteiger partial charge in [-0.05, 0) is 12.0 Å². The molecule has 2 heterocycles. The molecule has 0 aliphatic carbocycles. The largest absolute Gasteiger partial charge is 0.396 e. The molecule has 26 heavy (non-hydrogen) atoms. The highest BCUT2D eigenvalue weighted by molar-refractivity contribution is 7.52. The number of aliphatic hydroxyl groups is 1. The van der Waals surface area contributed by atoms with E-state index in [-0.39, 0.29) is 18.8 Å². The fourth-order valence-electron chi connectivity index (χ4n) is 2.98. The first-order chi connectivity index (χ1) is 12.4. The first-order valence-corrected chi connectivity index (χ1v) is 9.70. The summed E-state index contributed by atoms with van der Waals surface area (Å²) in [5.74, 6) is -0.145. The van der Waals surface area contributed by atoms with Gasteiger partial charge >= 0.3 is 7.60 Å². The Bertz CT molecular complexity index is 927. The molecule has 0 aliphatic heterocycles. The van der Waals surface area contributed by atoms with Crippen molar-refractivity contribution in [2.45, 2.75) is 18.6 Å². The second-order valence-corrected chi connectivity index (χ2v) is 7.93. The van der Waals surface area contributed by atoms with Crippen molar-refractivity contribution in [2.24, 2.45) is 5.92 Å². The van der Waals surface area contributed by atoms with E-state index >= 15 is 0 Å². The number of nitrogens with two attached hydrogens (primary N) is 1. The Morgan fingerprint density at radius 1 is 1.15 bits per heavy atom. The fourth-order valence-corrected chi connectivity index (χ4v) is 4.11. The maximum Gasteiger partial charge on any atom is 0.332 e. The molecule has 9 nitrogen and oxygen atoms in total. The Kier molecular flexibility index (Phi) is 5.33. The number of imidazole rings is 1. The lowest BCUT2D eigenvalue weighted by Crippen LogP contribution is -2.18. The molecule has 3 rings (SSSR count). The molecule has 3 aromatic rings. The lowest BCUT2D eigenvalue weighted by atomic mass is 9.99. The molecule has 0 bridgehead atoms. The quantitative estimate of drug-likeness (QED) is 0.451. The van der Waals surface area contributed by atoms with E-state index in [0.29, 0.717) is 23.3 Å². The average molecular weight is 377 g/mol. The topological polar surface area (TPSA) is 147 Å². The molecule has 0 spiro atoms. The highest BCUT2D eigenvalue weighted by atomic mass is 31.2. The number of anilines is 1. The van der Waals surface area contributed by atoms with Gasteiger partial charge in [-0.2, -0.15) is 0 Å². The number of nitrogens with zero attached hydrogens (tertiary/aromatic N) is 4. The molecule has 138 valence electrons. The standard InChI is InChI=1S/C16H20N5O4P/c17-15-14-16(19-9-18-15)21(10-20-14)7-11(8-22)6-13(26(23,24)25)12-4-2-1-3-5-12/h1-5,9-11,13,22H,6-8H2,(H2,17,18,19)(H2,23,24,25)/t11-,13-/m1/s1. The zero-order valence-electron chi connectivity index (χ0n) is 13.9. The van der Waals surface area contributed by atoms with E-state index in [2.05, 4.69) is 15.0 Å². The first kappa shape index (κ1) is 18.5. The predicted molar refractivity (Wildman–Crippen MR) is 96.2 cm³/mol. The van der Waals surface area contributed by atoms with Crippen LogP contribution in [0.4, 0.5) is 5.82 Å². The Labute approximate surface area is 149 Å². The molecule has 0 radical (unpaired) electrons. The Morgan fingerprint density at radius 2 is 1.88 bits per heavy atom. The number of benzene rings is 1. The minimum Gasteiger partial charge on any atom is -0.396 e. The van der Waals surface area contributed by atoms with Crippen molar-refractivity contribution in [2.75, 3.05) is 12.3 Å².